The number of nitrogens with one attached hydrogen (secondary N) is 1. The molecule has 1 aromatic carbocycles. The van der Waals surface area contributed by atoms with E-state index in [0.717, 1.165) is 11.4 Å². The second kappa shape index (κ2) is 4.59. The largest absolute Gasteiger partial charge is 0.328 e. The Hall–Kier alpha value is -1.81. The summed E-state index contributed by atoms with van der Waals surface area (Å²) >= 11 is 0. The molecular formula is C13H17N3O. The lowest BCUT2D eigenvalue weighted by molar-refractivity contribution is 0.705. The van der Waals surface area contributed by atoms with E-state index in [0.29, 0.717) is 6.42 Å². The summed E-state index contributed by atoms with van der Waals surface area (Å²) < 4.78 is 1.54. The molecule has 4 heteroatoms. The average Bonchev–Trinajstić information content (AvgIpc) is 2.59. The van der Waals surface area contributed by atoms with Gasteiger partial charge in [-0.1, -0.05) is 17.7 Å². The molecule has 0 amide bonds. The van der Waals surface area contributed by atoms with Crippen molar-refractivity contribution >= 4 is 0 Å². The third kappa shape index (κ3) is 2.65. The van der Waals surface area contributed by atoms with Crippen LogP contribution >= 0.6 is 0 Å². The second-order valence-corrected chi connectivity index (χ2v) is 4.47. The van der Waals surface area contributed by atoms with E-state index in [1.54, 1.807) is 6.07 Å². The Balaban J connectivity index is 2.36. The number of aromatic amines is 1. The molecule has 0 radical (unpaired) electrons. The number of benzene rings is 1. The van der Waals surface area contributed by atoms with Crippen LogP contribution in [0.2, 0.25) is 0 Å². The van der Waals surface area contributed by atoms with Crippen LogP contribution in [-0.2, 0) is 6.42 Å². The van der Waals surface area contributed by atoms with E-state index in [4.69, 9.17) is 5.73 Å². The summed E-state index contributed by atoms with van der Waals surface area (Å²) in [5, 5.41) is 3.07. The average molecular weight is 231 g/mol. The molecule has 90 valence electrons. The number of rotatable bonds is 3. The number of nitrogens with zero attached hydrogens (tertiary/aromatic N) is 1. The molecule has 2 rings (SSSR count). The van der Waals surface area contributed by atoms with E-state index >= 15 is 0 Å². The molecule has 0 aliphatic rings. The molecule has 1 unspecified atom stereocenters. The molecule has 2 aromatic rings. The first-order valence-corrected chi connectivity index (χ1v) is 5.70. The maximum absolute atomic E-state index is 11.8. The van der Waals surface area contributed by atoms with Crippen LogP contribution in [0.5, 0.6) is 0 Å². The van der Waals surface area contributed by atoms with Crippen molar-refractivity contribution in [2.75, 3.05) is 0 Å². The van der Waals surface area contributed by atoms with Gasteiger partial charge in [0.05, 0.1) is 5.69 Å². The van der Waals surface area contributed by atoms with E-state index in [1.807, 2.05) is 38.1 Å². The van der Waals surface area contributed by atoms with Crippen molar-refractivity contribution in [2.45, 2.75) is 26.3 Å². The lowest BCUT2D eigenvalue weighted by Gasteiger charge is -2.04. The SMILES string of the molecule is Cc1ccc(-n2[nH]c(CC(C)N)cc2=O)cc1. The van der Waals surface area contributed by atoms with E-state index in [1.165, 1.54) is 10.2 Å². The normalized spacial score (nSPS) is 12.6. The Morgan fingerprint density at radius 1 is 1.35 bits per heavy atom. The van der Waals surface area contributed by atoms with Crippen LogP contribution in [0.1, 0.15) is 18.2 Å². The summed E-state index contributed by atoms with van der Waals surface area (Å²) in [6, 6.07) is 9.44. The first-order chi connectivity index (χ1) is 8.06. The molecule has 0 aliphatic heterocycles. The number of hydrogen-bond donors (Lipinski definition) is 2. The molecule has 0 spiro atoms. The number of nitrogens with two attached hydrogens (primary N) is 1. The monoisotopic (exact) mass is 231 g/mol. The summed E-state index contributed by atoms with van der Waals surface area (Å²) in [4.78, 5) is 11.8. The number of hydrogen-bond acceptors (Lipinski definition) is 2. The van der Waals surface area contributed by atoms with Gasteiger partial charge in [-0.15, -0.1) is 0 Å². The maximum atomic E-state index is 11.8. The molecule has 0 saturated heterocycles. The predicted octanol–water partition coefficient (Wildman–Crippen LogP) is 1.36. The lowest BCUT2D eigenvalue weighted by atomic mass is 10.2. The van der Waals surface area contributed by atoms with Gasteiger partial charge in [-0.2, -0.15) is 0 Å². The van der Waals surface area contributed by atoms with Crippen LogP contribution < -0.4 is 11.3 Å². The fraction of sp³-hybridized carbons (Fsp3) is 0.308. The highest BCUT2D eigenvalue weighted by Gasteiger charge is 2.06. The van der Waals surface area contributed by atoms with Crippen molar-refractivity contribution in [1.29, 1.82) is 0 Å². The standard InChI is InChI=1S/C13H17N3O/c1-9-3-5-12(6-4-9)16-13(17)8-11(15-16)7-10(2)14/h3-6,8,10,15H,7,14H2,1-2H3. The van der Waals surface area contributed by atoms with Gasteiger partial charge in [-0.3, -0.25) is 9.89 Å². The third-order valence-electron chi connectivity index (χ3n) is 2.61. The fourth-order valence-electron chi connectivity index (χ4n) is 1.78. The first kappa shape index (κ1) is 11.7. The van der Waals surface area contributed by atoms with Crippen LogP contribution in [0.3, 0.4) is 0 Å². The second-order valence-electron chi connectivity index (χ2n) is 4.47. The van der Waals surface area contributed by atoms with Crippen molar-refractivity contribution in [2.24, 2.45) is 5.73 Å². The zero-order valence-corrected chi connectivity index (χ0v) is 10.1. The Bertz CT molecular complexity index is 549. The highest BCUT2D eigenvalue weighted by Crippen LogP contribution is 2.07. The molecule has 17 heavy (non-hydrogen) atoms. The van der Waals surface area contributed by atoms with Gasteiger partial charge in [0, 0.05) is 24.2 Å². The van der Waals surface area contributed by atoms with E-state index in [2.05, 4.69) is 5.10 Å². The number of aryl methyl sites for hydroxylation is 1. The Kier molecular flexibility index (Phi) is 3.15. The lowest BCUT2D eigenvalue weighted by Crippen LogP contribution is -2.18. The van der Waals surface area contributed by atoms with Crippen molar-refractivity contribution in [3.63, 3.8) is 0 Å². The molecule has 0 bridgehead atoms. The Labute approximate surface area is 100 Å². The number of aromatic nitrogens is 2. The topological polar surface area (TPSA) is 63.8 Å². The van der Waals surface area contributed by atoms with Crippen molar-refractivity contribution < 1.29 is 0 Å². The summed E-state index contributed by atoms with van der Waals surface area (Å²) in [6.07, 6.45) is 0.675. The molecule has 1 heterocycles. The minimum absolute atomic E-state index is 0.0412. The zero-order valence-electron chi connectivity index (χ0n) is 10.1. The van der Waals surface area contributed by atoms with Gasteiger partial charge in [0.1, 0.15) is 0 Å². The molecule has 3 N–H and O–H groups in total. The fourth-order valence-corrected chi connectivity index (χ4v) is 1.78. The van der Waals surface area contributed by atoms with Gasteiger partial charge in [0.2, 0.25) is 0 Å². The highest BCUT2D eigenvalue weighted by molar-refractivity contribution is 5.33. The highest BCUT2D eigenvalue weighted by atomic mass is 16.1. The number of H-pyrrole nitrogens is 1. The van der Waals surface area contributed by atoms with Gasteiger partial charge in [0.15, 0.2) is 0 Å². The van der Waals surface area contributed by atoms with E-state index in [-0.39, 0.29) is 11.6 Å². The van der Waals surface area contributed by atoms with E-state index in [9.17, 15) is 4.79 Å². The van der Waals surface area contributed by atoms with Crippen molar-refractivity contribution in [1.82, 2.24) is 9.78 Å². The Morgan fingerprint density at radius 3 is 2.59 bits per heavy atom. The van der Waals surface area contributed by atoms with Crippen LogP contribution in [0.15, 0.2) is 35.1 Å². The van der Waals surface area contributed by atoms with Crippen LogP contribution in [0.25, 0.3) is 5.69 Å². The molecule has 0 fully saturated rings. The zero-order chi connectivity index (χ0) is 12.4. The van der Waals surface area contributed by atoms with Crippen LogP contribution in [0, 0.1) is 6.92 Å². The summed E-state index contributed by atoms with van der Waals surface area (Å²) in [6.45, 7) is 3.93. The third-order valence-corrected chi connectivity index (χ3v) is 2.61. The molecular weight excluding hydrogens is 214 g/mol. The predicted molar refractivity (Wildman–Crippen MR) is 68.5 cm³/mol. The molecule has 0 saturated carbocycles. The van der Waals surface area contributed by atoms with Gasteiger partial charge in [0.25, 0.3) is 5.56 Å². The minimum atomic E-state index is -0.0514. The molecule has 1 atom stereocenters. The summed E-state index contributed by atoms with van der Waals surface area (Å²) in [5.74, 6) is 0. The molecule has 0 aliphatic carbocycles. The quantitative estimate of drug-likeness (QED) is 0.837. The maximum Gasteiger partial charge on any atom is 0.271 e. The Morgan fingerprint density at radius 2 is 2.00 bits per heavy atom. The van der Waals surface area contributed by atoms with Gasteiger partial charge in [-0.05, 0) is 26.0 Å². The van der Waals surface area contributed by atoms with E-state index < -0.39 is 0 Å². The van der Waals surface area contributed by atoms with Crippen molar-refractivity contribution in [3.05, 3.63) is 51.9 Å². The molecule has 4 nitrogen and oxygen atoms in total. The van der Waals surface area contributed by atoms with Gasteiger partial charge in [-0.25, -0.2) is 4.68 Å². The van der Waals surface area contributed by atoms with Gasteiger partial charge >= 0.3 is 0 Å². The summed E-state index contributed by atoms with van der Waals surface area (Å²) in [5.41, 5.74) is 8.54. The smallest absolute Gasteiger partial charge is 0.271 e. The van der Waals surface area contributed by atoms with Crippen molar-refractivity contribution in [3.8, 4) is 5.69 Å². The van der Waals surface area contributed by atoms with Gasteiger partial charge < -0.3 is 5.73 Å². The first-order valence-electron chi connectivity index (χ1n) is 5.70. The molecule has 1 aromatic heterocycles. The van der Waals surface area contributed by atoms with Crippen LogP contribution in [0.4, 0.5) is 0 Å². The minimum Gasteiger partial charge on any atom is -0.328 e. The van der Waals surface area contributed by atoms with Crippen LogP contribution in [-0.4, -0.2) is 15.8 Å². The summed E-state index contributed by atoms with van der Waals surface area (Å²) in [7, 11) is 0.